The van der Waals surface area contributed by atoms with Crippen LogP contribution in [0.25, 0.3) is 0 Å². The Balaban J connectivity index is 3.00. The van der Waals surface area contributed by atoms with Crippen molar-refractivity contribution in [2.75, 3.05) is 25.0 Å². The SMILES string of the molecule is CCCNc1cc(C)ccc1C(=O)N(CC)CC(C)C. The molecule has 0 aromatic heterocycles. The summed E-state index contributed by atoms with van der Waals surface area (Å²) in [5.74, 6) is 0.608. The van der Waals surface area contributed by atoms with Crippen LogP contribution < -0.4 is 5.32 Å². The number of hydrogen-bond donors (Lipinski definition) is 1. The van der Waals surface area contributed by atoms with Gasteiger partial charge in [-0.15, -0.1) is 0 Å². The minimum absolute atomic E-state index is 0.125. The molecule has 112 valence electrons. The number of hydrogen-bond acceptors (Lipinski definition) is 2. The first-order valence-electron chi connectivity index (χ1n) is 7.63. The van der Waals surface area contributed by atoms with Crippen molar-refractivity contribution in [3.63, 3.8) is 0 Å². The average molecular weight is 276 g/mol. The van der Waals surface area contributed by atoms with E-state index < -0.39 is 0 Å². The summed E-state index contributed by atoms with van der Waals surface area (Å²) in [5, 5.41) is 3.37. The lowest BCUT2D eigenvalue weighted by Gasteiger charge is -2.24. The number of aryl methyl sites for hydroxylation is 1. The zero-order valence-electron chi connectivity index (χ0n) is 13.5. The predicted octanol–water partition coefficient (Wildman–Crippen LogP) is 3.94. The maximum Gasteiger partial charge on any atom is 0.255 e. The quantitative estimate of drug-likeness (QED) is 0.818. The van der Waals surface area contributed by atoms with Crippen LogP contribution >= 0.6 is 0 Å². The Morgan fingerprint density at radius 3 is 2.55 bits per heavy atom. The summed E-state index contributed by atoms with van der Waals surface area (Å²) in [6.45, 7) is 12.9. The van der Waals surface area contributed by atoms with Crippen molar-refractivity contribution in [2.24, 2.45) is 5.92 Å². The molecule has 3 nitrogen and oxygen atoms in total. The topological polar surface area (TPSA) is 32.3 Å². The van der Waals surface area contributed by atoms with E-state index in [4.69, 9.17) is 0 Å². The van der Waals surface area contributed by atoms with Crippen LogP contribution in [0.2, 0.25) is 0 Å². The van der Waals surface area contributed by atoms with E-state index in [9.17, 15) is 4.79 Å². The molecular weight excluding hydrogens is 248 g/mol. The van der Waals surface area contributed by atoms with Gasteiger partial charge in [-0.05, 0) is 43.9 Å². The van der Waals surface area contributed by atoms with E-state index in [2.05, 4.69) is 39.1 Å². The molecule has 1 N–H and O–H groups in total. The van der Waals surface area contributed by atoms with Crippen LogP contribution in [-0.4, -0.2) is 30.4 Å². The fourth-order valence-electron chi connectivity index (χ4n) is 2.22. The number of nitrogens with one attached hydrogen (secondary N) is 1. The molecule has 1 rings (SSSR count). The van der Waals surface area contributed by atoms with Crippen LogP contribution in [0.1, 0.15) is 50.0 Å². The Hall–Kier alpha value is -1.51. The summed E-state index contributed by atoms with van der Waals surface area (Å²) in [7, 11) is 0. The monoisotopic (exact) mass is 276 g/mol. The third-order valence-corrected chi connectivity index (χ3v) is 3.23. The van der Waals surface area contributed by atoms with Crippen LogP contribution in [0, 0.1) is 12.8 Å². The van der Waals surface area contributed by atoms with Gasteiger partial charge in [0.1, 0.15) is 0 Å². The molecule has 0 heterocycles. The summed E-state index contributed by atoms with van der Waals surface area (Å²) in [6.07, 6.45) is 1.05. The maximum atomic E-state index is 12.7. The molecule has 0 bridgehead atoms. The van der Waals surface area contributed by atoms with Crippen LogP contribution in [0.3, 0.4) is 0 Å². The summed E-state index contributed by atoms with van der Waals surface area (Å²) in [5.41, 5.74) is 2.91. The molecule has 1 aromatic carbocycles. The van der Waals surface area contributed by atoms with E-state index in [1.54, 1.807) is 0 Å². The Bertz CT molecular complexity index is 441. The molecule has 0 saturated carbocycles. The molecule has 1 aromatic rings. The number of rotatable bonds is 7. The molecule has 20 heavy (non-hydrogen) atoms. The first-order chi connectivity index (χ1) is 9.49. The lowest BCUT2D eigenvalue weighted by atomic mass is 10.1. The van der Waals surface area contributed by atoms with Gasteiger partial charge in [0, 0.05) is 25.3 Å². The minimum Gasteiger partial charge on any atom is -0.384 e. The lowest BCUT2D eigenvalue weighted by molar-refractivity contribution is 0.0746. The van der Waals surface area contributed by atoms with Crippen molar-refractivity contribution in [1.29, 1.82) is 0 Å². The molecular formula is C17H28N2O. The van der Waals surface area contributed by atoms with E-state index in [1.165, 1.54) is 5.56 Å². The Labute approximate surface area is 123 Å². The average Bonchev–Trinajstić information content (AvgIpc) is 2.41. The molecule has 0 aliphatic rings. The van der Waals surface area contributed by atoms with Crippen LogP contribution in [0.5, 0.6) is 0 Å². The van der Waals surface area contributed by atoms with Gasteiger partial charge >= 0.3 is 0 Å². The summed E-state index contributed by atoms with van der Waals surface area (Å²) in [6, 6.07) is 6.01. The number of anilines is 1. The highest BCUT2D eigenvalue weighted by molar-refractivity contribution is 5.99. The van der Waals surface area contributed by atoms with Gasteiger partial charge in [0.15, 0.2) is 0 Å². The molecule has 1 amide bonds. The largest absolute Gasteiger partial charge is 0.384 e. The smallest absolute Gasteiger partial charge is 0.255 e. The fraction of sp³-hybridized carbons (Fsp3) is 0.588. The van der Waals surface area contributed by atoms with Crippen molar-refractivity contribution in [1.82, 2.24) is 4.90 Å². The van der Waals surface area contributed by atoms with Crippen LogP contribution in [0.4, 0.5) is 5.69 Å². The molecule has 0 aliphatic heterocycles. The maximum absolute atomic E-state index is 12.7. The zero-order valence-corrected chi connectivity index (χ0v) is 13.5. The van der Waals surface area contributed by atoms with Gasteiger partial charge in [-0.1, -0.05) is 26.8 Å². The van der Waals surface area contributed by atoms with Gasteiger partial charge in [0.05, 0.1) is 5.56 Å². The van der Waals surface area contributed by atoms with Crippen molar-refractivity contribution in [3.05, 3.63) is 29.3 Å². The molecule has 0 radical (unpaired) electrons. The predicted molar refractivity (Wildman–Crippen MR) is 86.4 cm³/mol. The number of carbonyl (C=O) groups excluding carboxylic acids is 1. The second-order valence-corrected chi connectivity index (χ2v) is 5.71. The van der Waals surface area contributed by atoms with Crippen LogP contribution in [0.15, 0.2) is 18.2 Å². The van der Waals surface area contributed by atoms with Gasteiger partial charge in [-0.25, -0.2) is 0 Å². The molecule has 0 unspecified atom stereocenters. The minimum atomic E-state index is 0.125. The van der Waals surface area contributed by atoms with Gasteiger partial charge in [-0.2, -0.15) is 0 Å². The van der Waals surface area contributed by atoms with Gasteiger partial charge < -0.3 is 10.2 Å². The van der Waals surface area contributed by atoms with Crippen molar-refractivity contribution in [2.45, 2.75) is 41.0 Å². The fourth-order valence-corrected chi connectivity index (χ4v) is 2.22. The van der Waals surface area contributed by atoms with E-state index in [0.29, 0.717) is 5.92 Å². The van der Waals surface area contributed by atoms with Crippen LogP contribution in [-0.2, 0) is 0 Å². The summed E-state index contributed by atoms with van der Waals surface area (Å²) >= 11 is 0. The highest BCUT2D eigenvalue weighted by Gasteiger charge is 2.18. The van der Waals surface area contributed by atoms with E-state index >= 15 is 0 Å². The normalized spacial score (nSPS) is 10.7. The van der Waals surface area contributed by atoms with Gasteiger partial charge in [0.2, 0.25) is 0 Å². The van der Waals surface area contributed by atoms with Gasteiger partial charge in [0.25, 0.3) is 5.91 Å². The third kappa shape index (κ3) is 4.55. The molecule has 0 spiro atoms. The number of carbonyl (C=O) groups is 1. The number of amides is 1. The lowest BCUT2D eigenvalue weighted by Crippen LogP contribution is -2.34. The molecule has 0 atom stereocenters. The van der Waals surface area contributed by atoms with Crippen molar-refractivity contribution in [3.8, 4) is 0 Å². The highest BCUT2D eigenvalue weighted by Crippen LogP contribution is 2.20. The Morgan fingerprint density at radius 2 is 2.00 bits per heavy atom. The summed E-state index contributed by atoms with van der Waals surface area (Å²) in [4.78, 5) is 14.6. The molecule has 0 fully saturated rings. The highest BCUT2D eigenvalue weighted by atomic mass is 16.2. The number of nitrogens with zero attached hydrogens (tertiary/aromatic N) is 1. The zero-order chi connectivity index (χ0) is 15.1. The first-order valence-corrected chi connectivity index (χ1v) is 7.63. The standard InChI is InChI=1S/C17H28N2O/c1-6-10-18-16-11-14(5)8-9-15(16)17(20)19(7-2)12-13(3)4/h8-9,11,13,18H,6-7,10,12H2,1-5H3. The van der Waals surface area contributed by atoms with Crippen molar-refractivity contribution < 1.29 is 4.79 Å². The van der Waals surface area contributed by atoms with Gasteiger partial charge in [-0.3, -0.25) is 4.79 Å². The second kappa shape index (κ2) is 7.93. The second-order valence-electron chi connectivity index (χ2n) is 5.71. The Kier molecular flexibility index (Phi) is 6.56. The summed E-state index contributed by atoms with van der Waals surface area (Å²) < 4.78 is 0. The van der Waals surface area contributed by atoms with E-state index in [-0.39, 0.29) is 5.91 Å². The van der Waals surface area contributed by atoms with Crippen molar-refractivity contribution >= 4 is 11.6 Å². The molecule has 0 saturated heterocycles. The van der Waals surface area contributed by atoms with E-state index in [1.807, 2.05) is 24.0 Å². The first kappa shape index (κ1) is 16.5. The third-order valence-electron chi connectivity index (χ3n) is 3.23. The van der Waals surface area contributed by atoms with E-state index in [0.717, 1.165) is 37.3 Å². The Morgan fingerprint density at radius 1 is 1.30 bits per heavy atom. The molecule has 0 aliphatic carbocycles. The molecule has 3 heteroatoms. The number of benzene rings is 1.